The number of ether oxygens (including phenoxy) is 2. The van der Waals surface area contributed by atoms with Crippen molar-refractivity contribution in [2.75, 3.05) is 6.61 Å². The average molecular weight is 454 g/mol. The van der Waals surface area contributed by atoms with Gasteiger partial charge in [-0.25, -0.2) is 9.59 Å². The summed E-state index contributed by atoms with van der Waals surface area (Å²) >= 11 is 5.87. The van der Waals surface area contributed by atoms with Gasteiger partial charge < -0.3 is 23.6 Å². The maximum Gasteiger partial charge on any atom is 0.349 e. The minimum atomic E-state index is -0.817. The fourth-order valence-corrected chi connectivity index (χ4v) is 3.03. The van der Waals surface area contributed by atoms with Gasteiger partial charge in [-0.3, -0.25) is 4.79 Å². The predicted molar refractivity (Wildman–Crippen MR) is 115 cm³/mol. The van der Waals surface area contributed by atoms with Crippen LogP contribution in [0, 0.1) is 0 Å². The van der Waals surface area contributed by atoms with Gasteiger partial charge in [-0.1, -0.05) is 17.7 Å². The summed E-state index contributed by atoms with van der Waals surface area (Å²) in [6, 6.07) is 15.9. The number of furan rings is 1. The molecule has 4 rings (SSSR count). The summed E-state index contributed by atoms with van der Waals surface area (Å²) in [5.41, 5.74) is -0.801. The van der Waals surface area contributed by atoms with Crippen molar-refractivity contribution in [1.82, 2.24) is 5.32 Å². The van der Waals surface area contributed by atoms with Crippen LogP contribution >= 0.6 is 11.6 Å². The zero-order valence-corrected chi connectivity index (χ0v) is 17.3. The van der Waals surface area contributed by atoms with Crippen LogP contribution in [0.3, 0.4) is 0 Å². The Balaban J connectivity index is 1.42. The van der Waals surface area contributed by atoms with Crippen molar-refractivity contribution < 1.29 is 27.9 Å². The van der Waals surface area contributed by atoms with Crippen LogP contribution in [0.1, 0.15) is 16.1 Å². The standard InChI is InChI=1S/C23H16ClNO7/c24-15-3-1-4-16(10-15)30-13-21(26)31-17-7-6-14-9-19(23(28)32-20(14)11-17)22(27)25-12-18-5-2-8-29-18/h1-11H,12-13H2,(H,25,27). The Morgan fingerprint density at radius 2 is 1.88 bits per heavy atom. The molecule has 162 valence electrons. The first-order valence-electron chi connectivity index (χ1n) is 9.45. The Morgan fingerprint density at radius 1 is 1.00 bits per heavy atom. The number of nitrogens with one attached hydrogen (secondary N) is 1. The average Bonchev–Trinajstić information content (AvgIpc) is 3.29. The highest BCUT2D eigenvalue weighted by Gasteiger charge is 2.15. The van der Waals surface area contributed by atoms with Crippen LogP contribution < -0.4 is 20.4 Å². The number of hydrogen-bond acceptors (Lipinski definition) is 7. The van der Waals surface area contributed by atoms with E-state index in [-0.39, 0.29) is 30.0 Å². The van der Waals surface area contributed by atoms with Crippen molar-refractivity contribution >= 4 is 34.4 Å². The summed E-state index contributed by atoms with van der Waals surface area (Å²) in [5, 5.41) is 3.56. The summed E-state index contributed by atoms with van der Waals surface area (Å²) in [5.74, 6) is -0.104. The maximum atomic E-state index is 12.3. The smallest absolute Gasteiger partial charge is 0.349 e. The quantitative estimate of drug-likeness (QED) is 0.256. The minimum absolute atomic E-state index is 0.134. The van der Waals surface area contributed by atoms with E-state index in [2.05, 4.69) is 5.32 Å². The summed E-state index contributed by atoms with van der Waals surface area (Å²) in [7, 11) is 0. The second-order valence-electron chi connectivity index (χ2n) is 6.63. The van der Waals surface area contributed by atoms with Crippen molar-refractivity contribution in [1.29, 1.82) is 0 Å². The molecule has 0 unspecified atom stereocenters. The normalized spacial score (nSPS) is 10.7. The third kappa shape index (κ3) is 5.16. The van der Waals surface area contributed by atoms with Gasteiger partial charge in [0.25, 0.3) is 5.91 Å². The van der Waals surface area contributed by atoms with Gasteiger partial charge in [0.15, 0.2) is 6.61 Å². The number of halogens is 1. The Hall–Kier alpha value is -4.04. The zero-order valence-electron chi connectivity index (χ0n) is 16.5. The minimum Gasteiger partial charge on any atom is -0.482 e. The van der Waals surface area contributed by atoms with Crippen LogP contribution in [0.15, 0.2) is 80.6 Å². The van der Waals surface area contributed by atoms with Crippen molar-refractivity contribution in [3.8, 4) is 11.5 Å². The molecular weight excluding hydrogens is 438 g/mol. The lowest BCUT2D eigenvalue weighted by atomic mass is 10.1. The highest BCUT2D eigenvalue weighted by Crippen LogP contribution is 2.21. The highest BCUT2D eigenvalue weighted by molar-refractivity contribution is 6.30. The Morgan fingerprint density at radius 3 is 2.66 bits per heavy atom. The molecule has 2 aromatic carbocycles. The number of esters is 1. The maximum absolute atomic E-state index is 12.3. The fourth-order valence-electron chi connectivity index (χ4n) is 2.85. The van der Waals surface area contributed by atoms with Crippen LogP contribution in [-0.4, -0.2) is 18.5 Å². The van der Waals surface area contributed by atoms with Crippen LogP contribution in [0.2, 0.25) is 5.02 Å². The number of carbonyl (C=O) groups is 2. The molecule has 2 heterocycles. The first-order valence-corrected chi connectivity index (χ1v) is 9.83. The van der Waals surface area contributed by atoms with E-state index in [1.165, 1.54) is 24.5 Å². The van der Waals surface area contributed by atoms with E-state index >= 15 is 0 Å². The predicted octanol–water partition coefficient (Wildman–Crippen LogP) is 3.95. The molecule has 0 spiro atoms. The molecule has 0 aliphatic rings. The van der Waals surface area contributed by atoms with Gasteiger partial charge in [0.05, 0.1) is 12.8 Å². The molecule has 0 fully saturated rings. The highest BCUT2D eigenvalue weighted by atomic mass is 35.5. The lowest BCUT2D eigenvalue weighted by molar-refractivity contribution is -0.136. The molecule has 9 heteroatoms. The lowest BCUT2D eigenvalue weighted by Gasteiger charge is -2.08. The SMILES string of the molecule is O=C(COc1cccc(Cl)c1)Oc1ccc2cc(C(=O)NCc3ccco3)c(=O)oc2c1. The number of fused-ring (bicyclic) bond motifs is 1. The number of amides is 1. The molecule has 0 bridgehead atoms. The molecule has 1 N–H and O–H groups in total. The van der Waals surface area contributed by atoms with Crippen molar-refractivity contribution in [3.05, 3.63) is 93.7 Å². The van der Waals surface area contributed by atoms with E-state index in [0.717, 1.165) is 0 Å². The largest absolute Gasteiger partial charge is 0.482 e. The Labute approximate surface area is 186 Å². The molecule has 0 aliphatic heterocycles. The molecule has 8 nitrogen and oxygen atoms in total. The van der Waals surface area contributed by atoms with Gasteiger partial charge in [-0.05, 0) is 48.5 Å². The summed E-state index contributed by atoms with van der Waals surface area (Å²) in [4.78, 5) is 36.6. The van der Waals surface area contributed by atoms with Crippen LogP contribution in [0.5, 0.6) is 11.5 Å². The number of hydrogen-bond donors (Lipinski definition) is 1. The van der Waals surface area contributed by atoms with Crippen molar-refractivity contribution in [2.45, 2.75) is 6.54 Å². The molecule has 1 amide bonds. The van der Waals surface area contributed by atoms with E-state index < -0.39 is 17.5 Å². The molecule has 0 radical (unpaired) electrons. The van der Waals surface area contributed by atoms with E-state index in [4.69, 9.17) is 29.9 Å². The van der Waals surface area contributed by atoms with Crippen LogP contribution in [0.4, 0.5) is 0 Å². The van der Waals surface area contributed by atoms with E-state index in [1.54, 1.807) is 42.5 Å². The van der Waals surface area contributed by atoms with Gasteiger partial charge >= 0.3 is 11.6 Å². The van der Waals surface area contributed by atoms with E-state index in [0.29, 0.717) is 21.9 Å². The monoisotopic (exact) mass is 453 g/mol. The van der Waals surface area contributed by atoms with E-state index in [1.807, 2.05) is 0 Å². The van der Waals surface area contributed by atoms with Gasteiger partial charge in [0, 0.05) is 16.5 Å². The van der Waals surface area contributed by atoms with Gasteiger partial charge in [-0.2, -0.15) is 0 Å². The third-order valence-corrected chi connectivity index (χ3v) is 4.57. The van der Waals surface area contributed by atoms with Gasteiger partial charge in [0.2, 0.25) is 0 Å². The molecule has 0 saturated carbocycles. The molecule has 2 aromatic heterocycles. The Bertz CT molecular complexity index is 1330. The number of rotatable bonds is 7. The molecule has 4 aromatic rings. The first kappa shape index (κ1) is 21.2. The molecule has 32 heavy (non-hydrogen) atoms. The summed E-state index contributed by atoms with van der Waals surface area (Å²) < 4.78 is 20.9. The first-order chi connectivity index (χ1) is 15.5. The van der Waals surface area contributed by atoms with Gasteiger partial charge in [0.1, 0.15) is 28.4 Å². The number of carbonyl (C=O) groups excluding carboxylic acids is 2. The fraction of sp³-hybridized carbons (Fsp3) is 0.0870. The second-order valence-corrected chi connectivity index (χ2v) is 7.07. The lowest BCUT2D eigenvalue weighted by Crippen LogP contribution is -2.27. The molecule has 0 saturated heterocycles. The Kier molecular flexibility index (Phi) is 6.23. The van der Waals surface area contributed by atoms with Crippen LogP contribution in [0.25, 0.3) is 11.0 Å². The zero-order chi connectivity index (χ0) is 22.5. The van der Waals surface area contributed by atoms with E-state index in [9.17, 15) is 14.4 Å². The summed E-state index contributed by atoms with van der Waals surface area (Å²) in [6.45, 7) is -0.202. The molecule has 0 atom stereocenters. The topological polar surface area (TPSA) is 108 Å². The molecular formula is C23H16ClNO7. The van der Waals surface area contributed by atoms with Crippen molar-refractivity contribution in [3.63, 3.8) is 0 Å². The third-order valence-electron chi connectivity index (χ3n) is 4.34. The number of benzene rings is 2. The van der Waals surface area contributed by atoms with Crippen molar-refractivity contribution in [2.24, 2.45) is 0 Å². The summed E-state index contributed by atoms with van der Waals surface area (Å²) in [6.07, 6.45) is 1.49. The van der Waals surface area contributed by atoms with Gasteiger partial charge in [-0.15, -0.1) is 0 Å². The molecule has 0 aliphatic carbocycles. The van der Waals surface area contributed by atoms with Crippen LogP contribution in [-0.2, 0) is 11.3 Å². The second kappa shape index (κ2) is 9.40.